The zero-order chi connectivity index (χ0) is 11.4. The molecule has 5 heteroatoms. The standard InChI is InChI=1S/C10H12ClF2NO/c11-9-8(15)5-7(12)6(10(9)13)3-1-2-4-14/h5,15H,1-4,14H2. The molecular formula is C10H12ClF2NO. The zero-order valence-electron chi connectivity index (χ0n) is 8.06. The third-order valence-electron chi connectivity index (χ3n) is 2.12. The third-order valence-corrected chi connectivity index (χ3v) is 2.47. The Labute approximate surface area is 91.7 Å². The lowest BCUT2D eigenvalue weighted by atomic mass is 10.1. The lowest BCUT2D eigenvalue weighted by molar-refractivity contribution is 0.456. The highest BCUT2D eigenvalue weighted by Gasteiger charge is 2.16. The van der Waals surface area contributed by atoms with E-state index in [0.717, 1.165) is 6.07 Å². The summed E-state index contributed by atoms with van der Waals surface area (Å²) < 4.78 is 26.6. The fourth-order valence-corrected chi connectivity index (χ4v) is 1.46. The number of aromatic hydroxyl groups is 1. The van der Waals surface area contributed by atoms with Gasteiger partial charge in [-0.15, -0.1) is 0 Å². The molecule has 0 spiro atoms. The SMILES string of the molecule is NCCCCc1c(F)cc(O)c(Cl)c1F. The molecule has 0 atom stereocenters. The minimum atomic E-state index is -0.883. The third kappa shape index (κ3) is 2.79. The largest absolute Gasteiger partial charge is 0.506 e. The molecule has 0 aliphatic carbocycles. The van der Waals surface area contributed by atoms with Crippen LogP contribution in [0.4, 0.5) is 8.78 Å². The molecule has 0 heterocycles. The van der Waals surface area contributed by atoms with Crippen LogP contribution in [0.15, 0.2) is 6.07 Å². The van der Waals surface area contributed by atoms with Crippen LogP contribution in [0.5, 0.6) is 5.75 Å². The molecule has 0 fully saturated rings. The van der Waals surface area contributed by atoms with Crippen LogP contribution in [0.1, 0.15) is 18.4 Å². The number of halogens is 3. The fourth-order valence-electron chi connectivity index (χ4n) is 1.30. The first-order valence-electron chi connectivity index (χ1n) is 4.63. The molecule has 0 unspecified atom stereocenters. The van der Waals surface area contributed by atoms with Crippen molar-refractivity contribution >= 4 is 11.6 Å². The van der Waals surface area contributed by atoms with Crippen molar-refractivity contribution in [3.63, 3.8) is 0 Å². The first kappa shape index (κ1) is 12.2. The normalized spacial score (nSPS) is 10.7. The van der Waals surface area contributed by atoms with Gasteiger partial charge < -0.3 is 10.8 Å². The molecule has 0 amide bonds. The number of rotatable bonds is 4. The minimum absolute atomic E-state index is 0.0914. The summed E-state index contributed by atoms with van der Waals surface area (Å²) in [6, 6.07) is 0.823. The number of hydrogen-bond donors (Lipinski definition) is 2. The van der Waals surface area contributed by atoms with Crippen molar-refractivity contribution in [3.8, 4) is 5.75 Å². The van der Waals surface area contributed by atoms with E-state index in [1.807, 2.05) is 0 Å². The van der Waals surface area contributed by atoms with Crippen LogP contribution in [-0.2, 0) is 6.42 Å². The van der Waals surface area contributed by atoms with Crippen molar-refractivity contribution in [2.45, 2.75) is 19.3 Å². The first-order chi connectivity index (χ1) is 7.07. The minimum Gasteiger partial charge on any atom is -0.506 e. The van der Waals surface area contributed by atoms with Gasteiger partial charge in [0.25, 0.3) is 0 Å². The molecule has 0 aliphatic heterocycles. The van der Waals surface area contributed by atoms with Gasteiger partial charge in [0.15, 0.2) is 5.82 Å². The van der Waals surface area contributed by atoms with E-state index >= 15 is 0 Å². The van der Waals surface area contributed by atoms with E-state index in [1.165, 1.54) is 0 Å². The van der Waals surface area contributed by atoms with Gasteiger partial charge in [0.05, 0.1) is 0 Å². The van der Waals surface area contributed by atoms with E-state index in [4.69, 9.17) is 22.4 Å². The van der Waals surface area contributed by atoms with Crippen molar-refractivity contribution in [1.29, 1.82) is 0 Å². The zero-order valence-corrected chi connectivity index (χ0v) is 8.82. The van der Waals surface area contributed by atoms with Gasteiger partial charge >= 0.3 is 0 Å². The molecule has 0 aliphatic rings. The Kier molecular flexibility index (Phi) is 4.29. The topological polar surface area (TPSA) is 46.2 Å². The molecule has 1 rings (SSSR count). The van der Waals surface area contributed by atoms with Crippen LogP contribution >= 0.6 is 11.6 Å². The number of unbranched alkanes of at least 4 members (excludes halogenated alkanes) is 1. The summed E-state index contributed by atoms with van der Waals surface area (Å²) in [6.45, 7) is 0.481. The fraction of sp³-hybridized carbons (Fsp3) is 0.400. The smallest absolute Gasteiger partial charge is 0.151 e. The number of hydrogen-bond acceptors (Lipinski definition) is 2. The van der Waals surface area contributed by atoms with Gasteiger partial charge in [-0.2, -0.15) is 0 Å². The van der Waals surface area contributed by atoms with Crippen molar-refractivity contribution in [2.24, 2.45) is 5.73 Å². The van der Waals surface area contributed by atoms with Gasteiger partial charge in [-0.25, -0.2) is 8.78 Å². The second kappa shape index (κ2) is 5.28. The average Bonchev–Trinajstić information content (AvgIpc) is 2.20. The quantitative estimate of drug-likeness (QED) is 0.623. The van der Waals surface area contributed by atoms with Crippen molar-refractivity contribution < 1.29 is 13.9 Å². The molecule has 0 bridgehead atoms. The predicted octanol–water partition coefficient (Wildman–Crippen LogP) is 2.61. The van der Waals surface area contributed by atoms with Crippen molar-refractivity contribution in [1.82, 2.24) is 0 Å². The van der Waals surface area contributed by atoms with Crippen LogP contribution < -0.4 is 5.73 Å². The van der Waals surface area contributed by atoms with E-state index < -0.39 is 22.4 Å². The van der Waals surface area contributed by atoms with Crippen LogP contribution in [0.2, 0.25) is 5.02 Å². The maximum atomic E-state index is 13.4. The monoisotopic (exact) mass is 235 g/mol. The maximum Gasteiger partial charge on any atom is 0.151 e. The number of phenols is 1. The van der Waals surface area contributed by atoms with Crippen LogP contribution in [0, 0.1) is 11.6 Å². The highest BCUT2D eigenvalue weighted by molar-refractivity contribution is 6.32. The van der Waals surface area contributed by atoms with Crippen LogP contribution in [-0.4, -0.2) is 11.7 Å². The van der Waals surface area contributed by atoms with Gasteiger partial charge in [0.1, 0.15) is 16.6 Å². The molecule has 1 aromatic rings. The second-order valence-electron chi connectivity index (χ2n) is 3.23. The summed E-state index contributed by atoms with van der Waals surface area (Å²) in [5.41, 5.74) is 5.18. The van der Waals surface area contributed by atoms with Gasteiger partial charge in [-0.3, -0.25) is 0 Å². The van der Waals surface area contributed by atoms with E-state index in [9.17, 15) is 8.78 Å². The maximum absolute atomic E-state index is 13.4. The second-order valence-corrected chi connectivity index (χ2v) is 3.61. The average molecular weight is 236 g/mol. The summed E-state index contributed by atoms with van der Waals surface area (Å²) in [5, 5.41) is 8.61. The Bertz CT molecular complexity index is 358. The molecule has 3 N–H and O–H groups in total. The van der Waals surface area contributed by atoms with Gasteiger partial charge in [0, 0.05) is 11.6 Å². The van der Waals surface area contributed by atoms with E-state index in [-0.39, 0.29) is 12.0 Å². The molecule has 15 heavy (non-hydrogen) atoms. The van der Waals surface area contributed by atoms with E-state index in [0.29, 0.717) is 19.4 Å². The molecule has 0 saturated carbocycles. The molecule has 1 aromatic carbocycles. The molecule has 0 aromatic heterocycles. The van der Waals surface area contributed by atoms with E-state index in [1.54, 1.807) is 0 Å². The predicted molar refractivity (Wildman–Crippen MR) is 55.0 cm³/mol. The Hall–Kier alpha value is -0.870. The number of nitrogens with two attached hydrogens (primary N) is 1. The lowest BCUT2D eigenvalue weighted by Crippen LogP contribution is -2.02. The Morgan fingerprint density at radius 1 is 1.33 bits per heavy atom. The summed E-state index contributed by atoms with van der Waals surface area (Å²) in [6.07, 6.45) is 1.51. The Morgan fingerprint density at radius 3 is 2.60 bits per heavy atom. The highest BCUT2D eigenvalue weighted by Crippen LogP contribution is 2.31. The molecule has 84 valence electrons. The van der Waals surface area contributed by atoms with Gasteiger partial charge in [0.2, 0.25) is 0 Å². The molecule has 2 nitrogen and oxygen atoms in total. The Morgan fingerprint density at radius 2 is 2.00 bits per heavy atom. The Balaban J connectivity index is 2.92. The van der Waals surface area contributed by atoms with Crippen molar-refractivity contribution in [3.05, 3.63) is 28.3 Å². The number of benzene rings is 1. The molecular weight excluding hydrogens is 224 g/mol. The van der Waals surface area contributed by atoms with E-state index in [2.05, 4.69) is 0 Å². The summed E-state index contributed by atoms with van der Waals surface area (Å²) in [5.74, 6) is -2.23. The highest BCUT2D eigenvalue weighted by atomic mass is 35.5. The van der Waals surface area contributed by atoms with Gasteiger partial charge in [-0.1, -0.05) is 11.6 Å². The molecule has 0 radical (unpaired) electrons. The summed E-state index contributed by atoms with van der Waals surface area (Å²) in [7, 11) is 0. The van der Waals surface area contributed by atoms with Gasteiger partial charge in [-0.05, 0) is 25.8 Å². The lowest BCUT2D eigenvalue weighted by Gasteiger charge is -2.07. The number of phenolic OH excluding ortho intramolecular Hbond substituents is 1. The summed E-state index contributed by atoms with van der Waals surface area (Å²) in [4.78, 5) is 0. The van der Waals surface area contributed by atoms with Crippen LogP contribution in [0.3, 0.4) is 0 Å². The van der Waals surface area contributed by atoms with Crippen LogP contribution in [0.25, 0.3) is 0 Å². The molecule has 0 saturated heterocycles. The van der Waals surface area contributed by atoms with Crippen molar-refractivity contribution in [2.75, 3.05) is 6.54 Å². The summed E-state index contributed by atoms with van der Waals surface area (Å²) >= 11 is 5.45. The first-order valence-corrected chi connectivity index (χ1v) is 5.01.